The number of hydrogen-bond donors (Lipinski definition) is 0. The average Bonchev–Trinajstić information content (AvgIpc) is 2.17. The maximum Gasteiger partial charge on any atom is 0.0409 e. The zero-order valence-corrected chi connectivity index (χ0v) is 9.59. The molecule has 0 spiro atoms. The molecule has 1 heterocycles. The standard InChI is InChI=1S/C13H21N/c1-4-6-12(5-2)10-13-9-11(3)7-8-14-13/h7-9,12H,4-6,10H2,1-3H3. The van der Waals surface area contributed by atoms with Crippen molar-refractivity contribution in [2.24, 2.45) is 5.92 Å². The summed E-state index contributed by atoms with van der Waals surface area (Å²) in [4.78, 5) is 4.41. The summed E-state index contributed by atoms with van der Waals surface area (Å²) < 4.78 is 0. The summed E-state index contributed by atoms with van der Waals surface area (Å²) in [6.07, 6.45) is 6.94. The predicted molar refractivity (Wildman–Crippen MR) is 61.4 cm³/mol. The van der Waals surface area contributed by atoms with Crippen molar-refractivity contribution in [1.82, 2.24) is 4.98 Å². The topological polar surface area (TPSA) is 12.9 Å². The van der Waals surface area contributed by atoms with Crippen LogP contribution in [0, 0.1) is 12.8 Å². The van der Waals surface area contributed by atoms with E-state index in [0.717, 1.165) is 12.3 Å². The molecule has 0 bridgehead atoms. The Morgan fingerprint density at radius 1 is 1.36 bits per heavy atom. The lowest BCUT2D eigenvalue weighted by molar-refractivity contribution is 0.457. The third-order valence-corrected chi connectivity index (χ3v) is 2.74. The van der Waals surface area contributed by atoms with Crippen LogP contribution in [-0.4, -0.2) is 4.98 Å². The quantitative estimate of drug-likeness (QED) is 0.690. The van der Waals surface area contributed by atoms with E-state index in [4.69, 9.17) is 0 Å². The lowest BCUT2D eigenvalue weighted by Crippen LogP contribution is -2.04. The molecule has 1 nitrogen and oxygen atoms in total. The van der Waals surface area contributed by atoms with Crippen molar-refractivity contribution in [2.45, 2.75) is 46.5 Å². The van der Waals surface area contributed by atoms with Gasteiger partial charge in [0.15, 0.2) is 0 Å². The van der Waals surface area contributed by atoms with Gasteiger partial charge in [-0.25, -0.2) is 0 Å². The van der Waals surface area contributed by atoms with Crippen molar-refractivity contribution in [3.8, 4) is 0 Å². The summed E-state index contributed by atoms with van der Waals surface area (Å²) in [5, 5.41) is 0. The van der Waals surface area contributed by atoms with Gasteiger partial charge in [0.25, 0.3) is 0 Å². The number of pyridine rings is 1. The molecule has 0 saturated carbocycles. The molecule has 1 heteroatoms. The van der Waals surface area contributed by atoms with Crippen LogP contribution >= 0.6 is 0 Å². The summed E-state index contributed by atoms with van der Waals surface area (Å²) in [5.74, 6) is 0.814. The maximum absolute atomic E-state index is 4.41. The molecular formula is C13H21N. The monoisotopic (exact) mass is 191 g/mol. The Bertz CT molecular complexity index is 268. The molecule has 0 radical (unpaired) electrons. The first-order chi connectivity index (χ1) is 6.76. The molecule has 0 aromatic carbocycles. The minimum absolute atomic E-state index is 0.814. The van der Waals surface area contributed by atoms with Gasteiger partial charge in [0.2, 0.25) is 0 Å². The van der Waals surface area contributed by atoms with Crippen LogP contribution in [0.25, 0.3) is 0 Å². The lowest BCUT2D eigenvalue weighted by atomic mass is 9.95. The van der Waals surface area contributed by atoms with Crippen LogP contribution in [0.5, 0.6) is 0 Å². The van der Waals surface area contributed by atoms with E-state index in [0.29, 0.717) is 0 Å². The first-order valence-electron chi connectivity index (χ1n) is 5.67. The first kappa shape index (κ1) is 11.2. The zero-order chi connectivity index (χ0) is 10.4. The van der Waals surface area contributed by atoms with Crippen molar-refractivity contribution < 1.29 is 0 Å². The molecule has 0 fully saturated rings. The van der Waals surface area contributed by atoms with E-state index in [1.165, 1.54) is 30.5 Å². The van der Waals surface area contributed by atoms with Crippen molar-refractivity contribution in [3.05, 3.63) is 29.6 Å². The van der Waals surface area contributed by atoms with Crippen LogP contribution in [0.15, 0.2) is 18.3 Å². The van der Waals surface area contributed by atoms with Gasteiger partial charge in [-0.15, -0.1) is 0 Å². The summed E-state index contributed by atoms with van der Waals surface area (Å²) in [6, 6.07) is 4.27. The third kappa shape index (κ3) is 3.49. The van der Waals surface area contributed by atoms with Gasteiger partial charge < -0.3 is 0 Å². The van der Waals surface area contributed by atoms with Crippen LogP contribution < -0.4 is 0 Å². The summed E-state index contributed by atoms with van der Waals surface area (Å²) in [7, 11) is 0. The van der Waals surface area contributed by atoms with Crippen LogP contribution in [-0.2, 0) is 6.42 Å². The number of aryl methyl sites for hydroxylation is 1. The normalized spacial score (nSPS) is 12.8. The highest BCUT2D eigenvalue weighted by molar-refractivity contribution is 5.14. The number of aromatic nitrogens is 1. The highest BCUT2D eigenvalue weighted by Gasteiger charge is 2.06. The van der Waals surface area contributed by atoms with Crippen molar-refractivity contribution >= 4 is 0 Å². The lowest BCUT2D eigenvalue weighted by Gasteiger charge is -2.12. The fourth-order valence-electron chi connectivity index (χ4n) is 1.86. The fourth-order valence-corrected chi connectivity index (χ4v) is 1.86. The minimum Gasteiger partial charge on any atom is -0.261 e. The van der Waals surface area contributed by atoms with E-state index in [1.54, 1.807) is 0 Å². The Hall–Kier alpha value is -0.850. The Labute approximate surface area is 87.6 Å². The molecule has 0 aliphatic heterocycles. The fraction of sp³-hybridized carbons (Fsp3) is 0.615. The molecule has 0 N–H and O–H groups in total. The van der Waals surface area contributed by atoms with E-state index >= 15 is 0 Å². The Balaban J connectivity index is 2.57. The highest BCUT2D eigenvalue weighted by atomic mass is 14.7. The van der Waals surface area contributed by atoms with Crippen LogP contribution in [0.2, 0.25) is 0 Å². The second-order valence-electron chi connectivity index (χ2n) is 4.09. The molecule has 1 aromatic heterocycles. The van der Waals surface area contributed by atoms with Crippen LogP contribution in [0.1, 0.15) is 44.4 Å². The van der Waals surface area contributed by atoms with E-state index in [2.05, 4.69) is 37.9 Å². The summed E-state index contributed by atoms with van der Waals surface area (Å²) >= 11 is 0. The molecule has 1 aromatic rings. The molecule has 1 atom stereocenters. The Morgan fingerprint density at radius 3 is 2.71 bits per heavy atom. The second-order valence-corrected chi connectivity index (χ2v) is 4.09. The van der Waals surface area contributed by atoms with Gasteiger partial charge in [0.05, 0.1) is 0 Å². The molecule has 14 heavy (non-hydrogen) atoms. The molecule has 1 rings (SSSR count). The van der Waals surface area contributed by atoms with Gasteiger partial charge in [0.1, 0.15) is 0 Å². The molecule has 0 saturated heterocycles. The summed E-state index contributed by atoms with van der Waals surface area (Å²) in [5.41, 5.74) is 2.58. The van der Waals surface area contributed by atoms with E-state index in [1.807, 2.05) is 6.20 Å². The van der Waals surface area contributed by atoms with Crippen molar-refractivity contribution in [2.75, 3.05) is 0 Å². The Kier molecular flexibility index (Phi) is 4.64. The van der Waals surface area contributed by atoms with Crippen LogP contribution in [0.3, 0.4) is 0 Å². The number of hydrogen-bond acceptors (Lipinski definition) is 1. The molecule has 0 aliphatic rings. The van der Waals surface area contributed by atoms with E-state index < -0.39 is 0 Å². The second kappa shape index (κ2) is 5.79. The minimum atomic E-state index is 0.814. The third-order valence-electron chi connectivity index (χ3n) is 2.74. The molecule has 1 unspecified atom stereocenters. The van der Waals surface area contributed by atoms with E-state index in [9.17, 15) is 0 Å². The molecule has 0 amide bonds. The number of rotatable bonds is 5. The smallest absolute Gasteiger partial charge is 0.0409 e. The van der Waals surface area contributed by atoms with E-state index in [-0.39, 0.29) is 0 Å². The predicted octanol–water partition coefficient (Wildman–Crippen LogP) is 3.76. The largest absolute Gasteiger partial charge is 0.261 e. The zero-order valence-electron chi connectivity index (χ0n) is 9.59. The Morgan fingerprint density at radius 2 is 2.14 bits per heavy atom. The first-order valence-corrected chi connectivity index (χ1v) is 5.67. The summed E-state index contributed by atoms with van der Waals surface area (Å²) in [6.45, 7) is 6.66. The van der Waals surface area contributed by atoms with Gasteiger partial charge in [-0.05, 0) is 37.0 Å². The number of nitrogens with zero attached hydrogens (tertiary/aromatic N) is 1. The molecule has 78 valence electrons. The van der Waals surface area contributed by atoms with Gasteiger partial charge in [-0.1, -0.05) is 33.1 Å². The van der Waals surface area contributed by atoms with Crippen molar-refractivity contribution in [1.29, 1.82) is 0 Å². The van der Waals surface area contributed by atoms with Gasteiger partial charge >= 0.3 is 0 Å². The highest BCUT2D eigenvalue weighted by Crippen LogP contribution is 2.16. The van der Waals surface area contributed by atoms with Gasteiger partial charge in [0, 0.05) is 11.9 Å². The maximum atomic E-state index is 4.41. The average molecular weight is 191 g/mol. The molecular weight excluding hydrogens is 170 g/mol. The molecule has 0 aliphatic carbocycles. The van der Waals surface area contributed by atoms with Gasteiger partial charge in [-0.2, -0.15) is 0 Å². The van der Waals surface area contributed by atoms with Crippen molar-refractivity contribution in [3.63, 3.8) is 0 Å². The van der Waals surface area contributed by atoms with Gasteiger partial charge in [-0.3, -0.25) is 4.98 Å². The SMILES string of the molecule is CCCC(CC)Cc1cc(C)ccn1. The van der Waals surface area contributed by atoms with Crippen LogP contribution in [0.4, 0.5) is 0 Å².